The maximum Gasteiger partial charge on any atom is 0.116 e. The number of hydrogen-bond acceptors (Lipinski definition) is 4. The van der Waals surface area contributed by atoms with Crippen LogP contribution >= 0.6 is 0 Å². The smallest absolute Gasteiger partial charge is 0.116 e. The summed E-state index contributed by atoms with van der Waals surface area (Å²) in [4.78, 5) is 0. The summed E-state index contributed by atoms with van der Waals surface area (Å²) in [6.45, 7) is 5.98. The SMILES string of the molecule is CCc1cc(C(O)C2OC(C)C(OC)C2O)ccc1C. The van der Waals surface area contributed by atoms with E-state index in [9.17, 15) is 10.2 Å². The van der Waals surface area contributed by atoms with Crippen molar-refractivity contribution in [2.75, 3.05) is 7.11 Å². The van der Waals surface area contributed by atoms with Gasteiger partial charge in [-0.15, -0.1) is 0 Å². The lowest BCUT2D eigenvalue weighted by atomic mass is 9.95. The average molecular weight is 280 g/mol. The summed E-state index contributed by atoms with van der Waals surface area (Å²) in [6.07, 6.45) is -2.04. The molecule has 1 saturated heterocycles. The van der Waals surface area contributed by atoms with Gasteiger partial charge in [-0.3, -0.25) is 0 Å². The highest BCUT2D eigenvalue weighted by Gasteiger charge is 2.45. The molecule has 4 heteroatoms. The van der Waals surface area contributed by atoms with Crippen LogP contribution in [0.15, 0.2) is 18.2 Å². The normalized spacial score (nSPS) is 31.5. The fraction of sp³-hybridized carbons (Fsp3) is 0.625. The fourth-order valence-corrected chi connectivity index (χ4v) is 2.91. The topological polar surface area (TPSA) is 58.9 Å². The lowest BCUT2D eigenvalue weighted by molar-refractivity contribution is -0.0638. The molecule has 0 radical (unpaired) electrons. The molecule has 1 aromatic rings. The predicted molar refractivity (Wildman–Crippen MR) is 76.7 cm³/mol. The van der Waals surface area contributed by atoms with Gasteiger partial charge in [-0.2, -0.15) is 0 Å². The van der Waals surface area contributed by atoms with Gasteiger partial charge in [0.05, 0.1) is 6.10 Å². The van der Waals surface area contributed by atoms with E-state index in [0.29, 0.717) is 0 Å². The molecule has 0 amide bonds. The molecule has 0 bridgehead atoms. The molecule has 4 nitrogen and oxygen atoms in total. The Hall–Kier alpha value is -0.940. The zero-order valence-electron chi connectivity index (χ0n) is 12.5. The first-order valence-electron chi connectivity index (χ1n) is 7.13. The molecule has 5 atom stereocenters. The maximum absolute atomic E-state index is 10.5. The van der Waals surface area contributed by atoms with Crippen molar-refractivity contribution in [2.24, 2.45) is 0 Å². The highest BCUT2D eigenvalue weighted by molar-refractivity contribution is 5.33. The molecule has 20 heavy (non-hydrogen) atoms. The monoisotopic (exact) mass is 280 g/mol. The number of aliphatic hydroxyl groups is 2. The Bertz CT molecular complexity index is 460. The molecule has 0 spiro atoms. The van der Waals surface area contributed by atoms with Crippen LogP contribution in [0.1, 0.15) is 36.6 Å². The van der Waals surface area contributed by atoms with E-state index in [1.165, 1.54) is 11.1 Å². The minimum Gasteiger partial charge on any atom is -0.387 e. The Morgan fingerprint density at radius 2 is 2.10 bits per heavy atom. The molecule has 0 aliphatic carbocycles. The van der Waals surface area contributed by atoms with Gasteiger partial charge in [0.15, 0.2) is 0 Å². The predicted octanol–water partition coefficient (Wildman–Crippen LogP) is 1.75. The van der Waals surface area contributed by atoms with Crippen LogP contribution < -0.4 is 0 Å². The van der Waals surface area contributed by atoms with Crippen molar-refractivity contribution in [3.8, 4) is 0 Å². The number of ether oxygens (including phenoxy) is 2. The van der Waals surface area contributed by atoms with E-state index < -0.39 is 24.4 Å². The molecular weight excluding hydrogens is 256 g/mol. The van der Waals surface area contributed by atoms with Crippen molar-refractivity contribution in [1.82, 2.24) is 0 Å². The third-order valence-corrected chi connectivity index (χ3v) is 4.19. The molecule has 0 saturated carbocycles. The minimum atomic E-state index is -0.849. The standard InChI is InChI=1S/C16H24O4/c1-5-11-8-12(7-6-9(11)2)13(17)16-14(18)15(19-4)10(3)20-16/h6-8,10,13-18H,5H2,1-4H3. The van der Waals surface area contributed by atoms with Crippen molar-refractivity contribution in [1.29, 1.82) is 0 Å². The third kappa shape index (κ3) is 2.74. The summed E-state index contributed by atoms with van der Waals surface area (Å²) in [6, 6.07) is 5.87. The number of rotatable bonds is 4. The van der Waals surface area contributed by atoms with Gasteiger partial charge in [-0.1, -0.05) is 25.1 Å². The Labute approximate surface area is 120 Å². The molecule has 1 fully saturated rings. The molecular formula is C16H24O4. The summed E-state index contributed by atoms with van der Waals surface area (Å²) in [5, 5.41) is 20.7. The molecule has 0 aromatic heterocycles. The number of methoxy groups -OCH3 is 1. The average Bonchev–Trinajstić information content (AvgIpc) is 2.73. The van der Waals surface area contributed by atoms with Crippen molar-refractivity contribution in [3.63, 3.8) is 0 Å². The molecule has 112 valence electrons. The molecule has 1 aliphatic rings. The van der Waals surface area contributed by atoms with Crippen LogP contribution in [0.3, 0.4) is 0 Å². The van der Waals surface area contributed by atoms with Gasteiger partial charge in [-0.05, 0) is 37.0 Å². The van der Waals surface area contributed by atoms with E-state index in [2.05, 4.69) is 13.8 Å². The van der Waals surface area contributed by atoms with E-state index in [4.69, 9.17) is 9.47 Å². The first kappa shape index (κ1) is 15.4. The van der Waals surface area contributed by atoms with Gasteiger partial charge in [-0.25, -0.2) is 0 Å². The second-order valence-corrected chi connectivity index (χ2v) is 5.48. The summed E-state index contributed by atoms with van der Waals surface area (Å²) in [5.41, 5.74) is 3.19. The van der Waals surface area contributed by atoms with Crippen LogP contribution in [0.25, 0.3) is 0 Å². The molecule has 2 N–H and O–H groups in total. The lowest BCUT2D eigenvalue weighted by Gasteiger charge is -2.22. The van der Waals surface area contributed by atoms with Gasteiger partial charge in [0.1, 0.15) is 24.4 Å². The maximum atomic E-state index is 10.5. The lowest BCUT2D eigenvalue weighted by Crippen LogP contribution is -2.36. The Morgan fingerprint density at radius 3 is 2.65 bits per heavy atom. The largest absolute Gasteiger partial charge is 0.387 e. The number of benzene rings is 1. The quantitative estimate of drug-likeness (QED) is 0.882. The van der Waals surface area contributed by atoms with Crippen molar-refractivity contribution in [2.45, 2.75) is 57.7 Å². The van der Waals surface area contributed by atoms with Crippen LogP contribution in [-0.2, 0) is 15.9 Å². The van der Waals surface area contributed by atoms with E-state index >= 15 is 0 Å². The first-order chi connectivity index (χ1) is 9.49. The van der Waals surface area contributed by atoms with Gasteiger partial charge in [0.25, 0.3) is 0 Å². The Morgan fingerprint density at radius 1 is 1.40 bits per heavy atom. The second-order valence-electron chi connectivity index (χ2n) is 5.48. The highest BCUT2D eigenvalue weighted by atomic mass is 16.6. The molecule has 5 unspecified atom stereocenters. The van der Waals surface area contributed by atoms with Crippen molar-refractivity contribution >= 4 is 0 Å². The Kier molecular flexibility index (Phi) is 4.81. The summed E-state index contributed by atoms with van der Waals surface area (Å²) < 4.78 is 10.9. The van der Waals surface area contributed by atoms with Gasteiger partial charge >= 0.3 is 0 Å². The number of aliphatic hydroxyl groups excluding tert-OH is 2. The second kappa shape index (κ2) is 6.22. The molecule has 1 aromatic carbocycles. The zero-order chi connectivity index (χ0) is 14.9. The van der Waals surface area contributed by atoms with E-state index in [1.54, 1.807) is 7.11 Å². The minimum absolute atomic E-state index is 0.231. The van der Waals surface area contributed by atoms with Crippen molar-refractivity contribution < 1.29 is 19.7 Å². The van der Waals surface area contributed by atoms with Crippen LogP contribution in [0.2, 0.25) is 0 Å². The van der Waals surface area contributed by atoms with Gasteiger partial charge < -0.3 is 19.7 Å². The molecule has 2 rings (SSSR count). The first-order valence-corrected chi connectivity index (χ1v) is 7.13. The summed E-state index contributed by atoms with van der Waals surface area (Å²) in [7, 11) is 1.55. The van der Waals surface area contributed by atoms with Crippen LogP contribution in [-0.4, -0.2) is 41.7 Å². The highest BCUT2D eigenvalue weighted by Crippen LogP contribution is 2.32. The van der Waals surface area contributed by atoms with Gasteiger partial charge in [0.2, 0.25) is 0 Å². The molecule has 1 heterocycles. The van der Waals surface area contributed by atoms with E-state index in [0.717, 1.165) is 12.0 Å². The number of hydrogen-bond donors (Lipinski definition) is 2. The van der Waals surface area contributed by atoms with Crippen LogP contribution in [0.5, 0.6) is 0 Å². The van der Waals surface area contributed by atoms with Gasteiger partial charge in [0, 0.05) is 7.11 Å². The number of aryl methyl sites for hydroxylation is 2. The van der Waals surface area contributed by atoms with E-state index in [-0.39, 0.29) is 6.10 Å². The van der Waals surface area contributed by atoms with Crippen LogP contribution in [0, 0.1) is 6.92 Å². The zero-order valence-corrected chi connectivity index (χ0v) is 12.5. The summed E-state index contributed by atoms with van der Waals surface area (Å²) in [5.74, 6) is 0. The third-order valence-electron chi connectivity index (χ3n) is 4.19. The Balaban J connectivity index is 2.21. The van der Waals surface area contributed by atoms with E-state index in [1.807, 2.05) is 25.1 Å². The molecule has 1 aliphatic heterocycles. The summed E-state index contributed by atoms with van der Waals surface area (Å²) >= 11 is 0. The van der Waals surface area contributed by atoms with Crippen molar-refractivity contribution in [3.05, 3.63) is 34.9 Å². The fourth-order valence-electron chi connectivity index (χ4n) is 2.91. The van der Waals surface area contributed by atoms with Crippen LogP contribution in [0.4, 0.5) is 0 Å².